The van der Waals surface area contributed by atoms with Gasteiger partial charge >= 0.3 is 0 Å². The van der Waals surface area contributed by atoms with Gasteiger partial charge in [-0.15, -0.1) is 0 Å². The van der Waals surface area contributed by atoms with Gasteiger partial charge in [0.05, 0.1) is 18.7 Å². The number of hydrogen-bond acceptors (Lipinski definition) is 5. The summed E-state index contributed by atoms with van der Waals surface area (Å²) in [6, 6.07) is 2.41. The van der Waals surface area contributed by atoms with Gasteiger partial charge < -0.3 is 10.0 Å². The van der Waals surface area contributed by atoms with E-state index in [0.29, 0.717) is 13.1 Å². The molecular formula is C17H30N4O2. The van der Waals surface area contributed by atoms with E-state index in [2.05, 4.69) is 15.9 Å². The molecule has 23 heavy (non-hydrogen) atoms. The topological polar surface area (TPSA) is 70.8 Å². The first-order valence-electron chi connectivity index (χ1n) is 8.77. The van der Waals surface area contributed by atoms with E-state index in [9.17, 15) is 15.2 Å². The smallest absolute Gasteiger partial charge is 0.237 e. The number of nitrogens with zero attached hydrogens (tertiary/aromatic N) is 4. The van der Waals surface area contributed by atoms with Crippen molar-refractivity contribution in [1.82, 2.24) is 14.7 Å². The molecule has 0 aromatic rings. The van der Waals surface area contributed by atoms with E-state index < -0.39 is 5.54 Å². The third kappa shape index (κ3) is 4.66. The number of nitriles is 1. The molecule has 1 amide bonds. The fraction of sp³-hybridized carbons (Fsp3) is 0.882. The molecule has 1 atom stereocenters. The van der Waals surface area contributed by atoms with Crippen LogP contribution in [0, 0.1) is 11.3 Å². The van der Waals surface area contributed by atoms with E-state index in [1.165, 1.54) is 0 Å². The van der Waals surface area contributed by atoms with Crippen molar-refractivity contribution in [1.29, 1.82) is 5.26 Å². The van der Waals surface area contributed by atoms with Crippen LogP contribution < -0.4 is 0 Å². The highest BCUT2D eigenvalue weighted by Crippen LogP contribution is 2.32. The number of hydrogen-bond donors (Lipinski definition) is 1. The Kier molecular flexibility index (Phi) is 6.40. The van der Waals surface area contributed by atoms with Gasteiger partial charge in [-0.05, 0) is 19.8 Å². The van der Waals surface area contributed by atoms with Crippen LogP contribution in [0.1, 0.15) is 39.0 Å². The summed E-state index contributed by atoms with van der Waals surface area (Å²) in [7, 11) is 1.79. The number of rotatable bonds is 5. The summed E-state index contributed by atoms with van der Waals surface area (Å²) in [6.45, 7) is 6.33. The van der Waals surface area contributed by atoms with E-state index in [1.807, 2.05) is 0 Å². The molecule has 0 aromatic heterocycles. The van der Waals surface area contributed by atoms with Crippen LogP contribution in [0.25, 0.3) is 0 Å². The Hall–Kier alpha value is -1.16. The molecule has 1 N–H and O–H groups in total. The Morgan fingerprint density at radius 2 is 1.78 bits per heavy atom. The second-order valence-corrected chi connectivity index (χ2v) is 7.08. The summed E-state index contributed by atoms with van der Waals surface area (Å²) < 4.78 is 0. The molecule has 6 nitrogen and oxygen atoms in total. The number of aliphatic hydroxyl groups is 1. The highest BCUT2D eigenvalue weighted by molar-refractivity contribution is 5.79. The molecule has 2 fully saturated rings. The van der Waals surface area contributed by atoms with Crippen molar-refractivity contribution >= 4 is 5.91 Å². The Labute approximate surface area is 139 Å². The Morgan fingerprint density at radius 3 is 2.30 bits per heavy atom. The van der Waals surface area contributed by atoms with E-state index in [4.69, 9.17) is 0 Å². The number of amides is 1. The van der Waals surface area contributed by atoms with Gasteiger partial charge in [0.15, 0.2) is 0 Å². The lowest BCUT2D eigenvalue weighted by molar-refractivity contribution is -0.136. The molecule has 2 aliphatic rings. The van der Waals surface area contributed by atoms with Crippen molar-refractivity contribution in [3.05, 3.63) is 0 Å². The van der Waals surface area contributed by atoms with Gasteiger partial charge in [-0.25, -0.2) is 0 Å². The molecule has 0 aromatic carbocycles. The van der Waals surface area contributed by atoms with Crippen molar-refractivity contribution < 1.29 is 9.90 Å². The lowest BCUT2D eigenvalue weighted by Gasteiger charge is -2.41. The van der Waals surface area contributed by atoms with Crippen LogP contribution in [-0.4, -0.2) is 83.7 Å². The second-order valence-electron chi connectivity index (χ2n) is 7.08. The molecule has 1 aliphatic heterocycles. The van der Waals surface area contributed by atoms with Crippen molar-refractivity contribution in [2.45, 2.75) is 50.7 Å². The number of aliphatic hydroxyl groups excluding tert-OH is 1. The zero-order chi connectivity index (χ0) is 16.9. The predicted octanol–water partition coefficient (Wildman–Crippen LogP) is 0.670. The molecule has 6 heteroatoms. The second kappa shape index (κ2) is 8.09. The first-order chi connectivity index (χ1) is 11.0. The molecule has 1 heterocycles. The third-order valence-electron chi connectivity index (χ3n) is 5.25. The monoisotopic (exact) mass is 322 g/mol. The minimum absolute atomic E-state index is 0.0532. The van der Waals surface area contributed by atoms with Gasteiger partial charge in [0.1, 0.15) is 5.54 Å². The zero-order valence-electron chi connectivity index (χ0n) is 14.5. The molecule has 130 valence electrons. The van der Waals surface area contributed by atoms with Crippen LogP contribution in [0.15, 0.2) is 0 Å². The zero-order valence-corrected chi connectivity index (χ0v) is 14.5. The summed E-state index contributed by atoms with van der Waals surface area (Å²) in [6.07, 6.45) is 4.52. The van der Waals surface area contributed by atoms with Crippen LogP contribution in [-0.2, 0) is 4.79 Å². The summed E-state index contributed by atoms with van der Waals surface area (Å²) >= 11 is 0. The quantitative estimate of drug-likeness (QED) is 0.805. The van der Waals surface area contributed by atoms with Crippen LogP contribution in [0.4, 0.5) is 0 Å². The van der Waals surface area contributed by atoms with Crippen LogP contribution in [0.5, 0.6) is 0 Å². The van der Waals surface area contributed by atoms with Gasteiger partial charge in [0, 0.05) is 39.8 Å². The first-order valence-corrected chi connectivity index (χ1v) is 8.77. The largest absolute Gasteiger partial charge is 0.392 e. The summed E-state index contributed by atoms with van der Waals surface area (Å²) in [5, 5.41) is 19.0. The molecule has 1 saturated heterocycles. The lowest BCUT2D eigenvalue weighted by Crippen LogP contribution is -2.55. The van der Waals surface area contributed by atoms with E-state index >= 15 is 0 Å². The Bertz CT molecular complexity index is 432. The summed E-state index contributed by atoms with van der Waals surface area (Å²) in [5.74, 6) is 0.0532. The number of piperazine rings is 1. The third-order valence-corrected chi connectivity index (χ3v) is 5.25. The Morgan fingerprint density at radius 1 is 1.22 bits per heavy atom. The molecule has 1 saturated carbocycles. The maximum atomic E-state index is 12.6. The van der Waals surface area contributed by atoms with Crippen LogP contribution in [0.3, 0.4) is 0 Å². The lowest BCUT2D eigenvalue weighted by atomic mass is 9.81. The van der Waals surface area contributed by atoms with E-state index in [1.54, 1.807) is 18.9 Å². The predicted molar refractivity (Wildman–Crippen MR) is 88.8 cm³/mol. The van der Waals surface area contributed by atoms with Gasteiger partial charge in [-0.3, -0.25) is 14.6 Å². The number of carbonyl (C=O) groups excluding carboxylic acids is 1. The van der Waals surface area contributed by atoms with Crippen molar-refractivity contribution in [3.63, 3.8) is 0 Å². The maximum absolute atomic E-state index is 12.6. The molecule has 0 radical (unpaired) electrons. The van der Waals surface area contributed by atoms with Crippen molar-refractivity contribution in [2.24, 2.45) is 0 Å². The molecule has 2 rings (SSSR count). The number of carbonyl (C=O) groups is 1. The normalized spacial score (nSPS) is 23.9. The fourth-order valence-corrected chi connectivity index (χ4v) is 3.70. The number of likely N-dealkylation sites (N-methyl/N-ethyl adjacent to an activating group) is 1. The van der Waals surface area contributed by atoms with Gasteiger partial charge in [0.25, 0.3) is 0 Å². The highest BCUT2D eigenvalue weighted by atomic mass is 16.3. The van der Waals surface area contributed by atoms with Crippen LogP contribution in [0.2, 0.25) is 0 Å². The van der Waals surface area contributed by atoms with Gasteiger partial charge in [-0.2, -0.15) is 5.26 Å². The molecule has 0 unspecified atom stereocenters. The average molecular weight is 322 g/mol. The fourth-order valence-electron chi connectivity index (χ4n) is 3.70. The van der Waals surface area contributed by atoms with Gasteiger partial charge in [-0.1, -0.05) is 19.3 Å². The van der Waals surface area contributed by atoms with E-state index in [0.717, 1.165) is 58.3 Å². The van der Waals surface area contributed by atoms with E-state index in [-0.39, 0.29) is 12.0 Å². The minimum atomic E-state index is -0.594. The Balaban J connectivity index is 1.84. The molecule has 0 spiro atoms. The first kappa shape index (κ1) is 18.2. The van der Waals surface area contributed by atoms with Crippen molar-refractivity contribution in [2.75, 3.05) is 46.3 Å². The maximum Gasteiger partial charge on any atom is 0.237 e. The standard InChI is InChI=1S/C17H30N4O2/c1-15(22)12-20-8-10-21(11-9-20)13-16(23)19(2)17(14-18)6-4-3-5-7-17/h15,22H,3-13H2,1-2H3/t15-/m1/s1. The molecule has 0 bridgehead atoms. The van der Waals surface area contributed by atoms with Crippen LogP contribution >= 0.6 is 0 Å². The van der Waals surface area contributed by atoms with Gasteiger partial charge in [0.2, 0.25) is 5.91 Å². The minimum Gasteiger partial charge on any atom is -0.392 e. The number of β-amino-alcohol motifs (C(OH)–C–C–N with tert-alkyl or cyclic N) is 1. The molecular weight excluding hydrogens is 292 g/mol. The summed E-state index contributed by atoms with van der Waals surface area (Å²) in [4.78, 5) is 18.7. The SMILES string of the molecule is C[C@@H](O)CN1CCN(CC(=O)N(C)C2(C#N)CCCCC2)CC1. The summed E-state index contributed by atoms with van der Waals surface area (Å²) in [5.41, 5.74) is -0.594. The highest BCUT2D eigenvalue weighted by Gasteiger charge is 2.39. The average Bonchev–Trinajstić information content (AvgIpc) is 2.56. The molecule has 1 aliphatic carbocycles. The van der Waals surface area contributed by atoms with Crippen molar-refractivity contribution in [3.8, 4) is 6.07 Å².